The third-order valence-corrected chi connectivity index (χ3v) is 3.54. The Morgan fingerprint density at radius 1 is 1.10 bits per heavy atom. The molecule has 0 unspecified atom stereocenters. The molecule has 0 bridgehead atoms. The van der Waals surface area contributed by atoms with Crippen molar-refractivity contribution in [1.29, 1.82) is 0 Å². The first-order valence-corrected chi connectivity index (χ1v) is 7.25. The molecule has 4 nitrogen and oxygen atoms in total. The van der Waals surface area contributed by atoms with Crippen molar-refractivity contribution in [3.8, 4) is 11.5 Å². The van der Waals surface area contributed by atoms with Crippen LogP contribution in [0, 0.1) is 0 Å². The quantitative estimate of drug-likeness (QED) is 0.755. The third-order valence-electron chi connectivity index (χ3n) is 3.54. The van der Waals surface area contributed by atoms with Gasteiger partial charge in [0.25, 0.3) is 0 Å². The summed E-state index contributed by atoms with van der Waals surface area (Å²) in [6.07, 6.45) is 1.12. The molecule has 0 saturated carbocycles. The lowest BCUT2D eigenvalue weighted by molar-refractivity contribution is 0.104. The van der Waals surface area contributed by atoms with Crippen molar-refractivity contribution in [3.05, 3.63) is 24.3 Å². The zero-order chi connectivity index (χ0) is 15.0. The average Bonchev–Trinajstić information content (AvgIpc) is 2.47. The molecule has 0 fully saturated rings. The van der Waals surface area contributed by atoms with Crippen LogP contribution in [0.15, 0.2) is 24.3 Å². The van der Waals surface area contributed by atoms with Crippen LogP contribution in [0.1, 0.15) is 27.2 Å². The Balaban J connectivity index is 2.47. The van der Waals surface area contributed by atoms with E-state index in [0.717, 1.165) is 31.0 Å². The fourth-order valence-electron chi connectivity index (χ4n) is 2.06. The molecule has 0 saturated heterocycles. The van der Waals surface area contributed by atoms with Crippen molar-refractivity contribution in [2.24, 2.45) is 5.73 Å². The second-order valence-electron chi connectivity index (χ2n) is 5.53. The van der Waals surface area contributed by atoms with Gasteiger partial charge in [-0.3, -0.25) is 4.90 Å². The van der Waals surface area contributed by atoms with Gasteiger partial charge in [0.05, 0.1) is 7.11 Å². The van der Waals surface area contributed by atoms with E-state index < -0.39 is 0 Å². The van der Waals surface area contributed by atoms with E-state index in [9.17, 15) is 0 Å². The van der Waals surface area contributed by atoms with E-state index in [1.807, 2.05) is 24.3 Å². The van der Waals surface area contributed by atoms with Gasteiger partial charge in [-0.15, -0.1) is 0 Å². The number of nitrogens with zero attached hydrogens (tertiary/aromatic N) is 1. The number of nitrogens with two attached hydrogens (primary N) is 1. The molecule has 0 spiro atoms. The van der Waals surface area contributed by atoms with Crippen molar-refractivity contribution < 1.29 is 9.47 Å². The smallest absolute Gasteiger partial charge is 0.119 e. The molecule has 20 heavy (non-hydrogen) atoms. The highest BCUT2D eigenvalue weighted by atomic mass is 16.5. The molecule has 0 heterocycles. The maximum absolute atomic E-state index is 5.86. The van der Waals surface area contributed by atoms with E-state index in [1.165, 1.54) is 0 Å². The summed E-state index contributed by atoms with van der Waals surface area (Å²) in [4.78, 5) is 2.39. The molecule has 0 atom stereocenters. The van der Waals surface area contributed by atoms with E-state index in [1.54, 1.807) is 7.11 Å². The van der Waals surface area contributed by atoms with Gasteiger partial charge in [0, 0.05) is 18.6 Å². The van der Waals surface area contributed by atoms with Gasteiger partial charge in [-0.25, -0.2) is 0 Å². The lowest BCUT2D eigenvalue weighted by Crippen LogP contribution is -2.51. The lowest BCUT2D eigenvalue weighted by atomic mass is 10.0. The highest BCUT2D eigenvalue weighted by Crippen LogP contribution is 2.18. The number of methoxy groups -OCH3 is 1. The first-order chi connectivity index (χ1) is 9.53. The fraction of sp³-hybridized carbons (Fsp3) is 0.625. The van der Waals surface area contributed by atoms with E-state index in [-0.39, 0.29) is 5.54 Å². The molecule has 0 aliphatic heterocycles. The van der Waals surface area contributed by atoms with Crippen LogP contribution in [0.3, 0.4) is 0 Å². The Labute approximate surface area is 122 Å². The van der Waals surface area contributed by atoms with Crippen molar-refractivity contribution >= 4 is 0 Å². The van der Waals surface area contributed by atoms with Crippen LogP contribution in [0.4, 0.5) is 0 Å². The predicted octanol–water partition coefficient (Wildman–Crippen LogP) is 2.52. The molecule has 4 heteroatoms. The summed E-state index contributed by atoms with van der Waals surface area (Å²) in [7, 11) is 1.66. The van der Waals surface area contributed by atoms with Crippen molar-refractivity contribution in [3.63, 3.8) is 0 Å². The predicted molar refractivity (Wildman–Crippen MR) is 83.5 cm³/mol. The minimum atomic E-state index is 0.0132. The molecule has 0 amide bonds. The minimum absolute atomic E-state index is 0.0132. The summed E-state index contributed by atoms with van der Waals surface area (Å²) in [5.74, 6) is 1.71. The van der Waals surface area contributed by atoms with Gasteiger partial charge >= 0.3 is 0 Å². The van der Waals surface area contributed by atoms with Gasteiger partial charge in [0.1, 0.15) is 18.1 Å². The second-order valence-corrected chi connectivity index (χ2v) is 5.53. The molecule has 1 rings (SSSR count). The Kier molecular flexibility index (Phi) is 6.82. The molecule has 1 aromatic rings. The number of hydrogen-bond acceptors (Lipinski definition) is 4. The van der Waals surface area contributed by atoms with Gasteiger partial charge in [0.15, 0.2) is 0 Å². The molecule has 0 radical (unpaired) electrons. The standard InChI is InChI=1S/C16H28N2O2/c1-5-10-18(16(2,3)13-17)11-12-20-15-8-6-14(19-4)7-9-15/h6-9H,5,10-13,17H2,1-4H3. The van der Waals surface area contributed by atoms with Gasteiger partial charge in [0.2, 0.25) is 0 Å². The summed E-state index contributed by atoms with van der Waals surface area (Å²) in [6, 6.07) is 7.67. The zero-order valence-electron chi connectivity index (χ0n) is 13.2. The highest BCUT2D eigenvalue weighted by Gasteiger charge is 2.23. The normalized spacial score (nSPS) is 11.7. The SMILES string of the molecule is CCCN(CCOc1ccc(OC)cc1)C(C)(C)CN. The third kappa shape index (κ3) is 5.02. The second kappa shape index (κ2) is 8.12. The molecular weight excluding hydrogens is 252 g/mol. The van der Waals surface area contributed by atoms with Gasteiger partial charge < -0.3 is 15.2 Å². The first kappa shape index (κ1) is 16.8. The maximum atomic E-state index is 5.86. The summed E-state index contributed by atoms with van der Waals surface area (Å²) < 4.78 is 10.9. The Morgan fingerprint density at radius 2 is 1.70 bits per heavy atom. The number of ether oxygens (including phenoxy) is 2. The van der Waals surface area contributed by atoms with E-state index >= 15 is 0 Å². The van der Waals surface area contributed by atoms with Gasteiger partial charge in [-0.1, -0.05) is 6.92 Å². The maximum Gasteiger partial charge on any atom is 0.119 e. The van der Waals surface area contributed by atoms with Crippen LogP contribution in [0.5, 0.6) is 11.5 Å². The molecular formula is C16H28N2O2. The average molecular weight is 280 g/mol. The molecule has 114 valence electrons. The fourth-order valence-corrected chi connectivity index (χ4v) is 2.06. The largest absolute Gasteiger partial charge is 0.497 e. The molecule has 0 aliphatic carbocycles. The first-order valence-electron chi connectivity index (χ1n) is 7.25. The van der Waals surface area contributed by atoms with Gasteiger partial charge in [-0.05, 0) is 51.1 Å². The van der Waals surface area contributed by atoms with Crippen molar-refractivity contribution in [2.75, 3.05) is 33.4 Å². The summed E-state index contributed by atoms with van der Waals surface area (Å²) >= 11 is 0. The zero-order valence-corrected chi connectivity index (χ0v) is 13.2. The lowest BCUT2D eigenvalue weighted by Gasteiger charge is -2.37. The number of hydrogen-bond donors (Lipinski definition) is 1. The Morgan fingerprint density at radius 3 is 2.20 bits per heavy atom. The number of benzene rings is 1. The van der Waals surface area contributed by atoms with Crippen molar-refractivity contribution in [1.82, 2.24) is 4.90 Å². The van der Waals surface area contributed by atoms with Crippen LogP contribution in [-0.4, -0.2) is 43.8 Å². The highest BCUT2D eigenvalue weighted by molar-refractivity contribution is 5.31. The summed E-state index contributed by atoms with van der Waals surface area (Å²) in [5.41, 5.74) is 5.87. The van der Waals surface area contributed by atoms with E-state index in [0.29, 0.717) is 13.2 Å². The van der Waals surface area contributed by atoms with Crippen LogP contribution in [-0.2, 0) is 0 Å². The molecule has 2 N–H and O–H groups in total. The van der Waals surface area contributed by atoms with Crippen LogP contribution >= 0.6 is 0 Å². The van der Waals surface area contributed by atoms with Crippen LogP contribution in [0.25, 0.3) is 0 Å². The van der Waals surface area contributed by atoms with Crippen molar-refractivity contribution in [2.45, 2.75) is 32.7 Å². The Hall–Kier alpha value is -1.26. The number of rotatable bonds is 9. The minimum Gasteiger partial charge on any atom is -0.497 e. The molecule has 0 aromatic heterocycles. The van der Waals surface area contributed by atoms with E-state index in [4.69, 9.17) is 15.2 Å². The van der Waals surface area contributed by atoms with Crippen LogP contribution < -0.4 is 15.2 Å². The molecule has 0 aliphatic rings. The summed E-state index contributed by atoms with van der Waals surface area (Å²) in [6.45, 7) is 9.77. The molecule has 1 aromatic carbocycles. The van der Waals surface area contributed by atoms with Gasteiger partial charge in [-0.2, -0.15) is 0 Å². The van der Waals surface area contributed by atoms with Crippen LogP contribution in [0.2, 0.25) is 0 Å². The Bertz CT molecular complexity index is 377. The summed E-state index contributed by atoms with van der Waals surface area (Å²) in [5, 5.41) is 0. The van der Waals surface area contributed by atoms with E-state index in [2.05, 4.69) is 25.7 Å². The topological polar surface area (TPSA) is 47.7 Å². The monoisotopic (exact) mass is 280 g/mol.